The van der Waals surface area contributed by atoms with Crippen molar-refractivity contribution in [1.29, 1.82) is 0 Å². The molecule has 1 aliphatic rings. The van der Waals surface area contributed by atoms with E-state index in [1.54, 1.807) is 67.6 Å². The van der Waals surface area contributed by atoms with Crippen molar-refractivity contribution >= 4 is 11.9 Å². The van der Waals surface area contributed by atoms with Gasteiger partial charge in [-0.3, -0.25) is 0 Å². The molecular formula is C36H35FO6. The monoisotopic (exact) mass is 582 g/mol. The number of aryl methyl sites for hydroxylation is 1. The first-order valence-electron chi connectivity index (χ1n) is 14.5. The van der Waals surface area contributed by atoms with Gasteiger partial charge in [0.25, 0.3) is 0 Å². The highest BCUT2D eigenvalue weighted by Crippen LogP contribution is 2.34. The van der Waals surface area contributed by atoms with Crippen LogP contribution in [0.1, 0.15) is 51.3 Å². The van der Waals surface area contributed by atoms with E-state index in [-0.39, 0.29) is 6.61 Å². The van der Waals surface area contributed by atoms with Gasteiger partial charge in [-0.15, -0.1) is 0 Å². The van der Waals surface area contributed by atoms with Crippen molar-refractivity contribution in [2.45, 2.75) is 51.4 Å². The van der Waals surface area contributed by atoms with Crippen LogP contribution in [-0.2, 0) is 27.1 Å². The van der Waals surface area contributed by atoms with Crippen LogP contribution >= 0.6 is 0 Å². The summed E-state index contributed by atoms with van der Waals surface area (Å²) < 4.78 is 39.6. The second-order valence-corrected chi connectivity index (χ2v) is 10.6. The zero-order valence-electron chi connectivity index (χ0n) is 24.2. The molecule has 0 amide bonds. The number of alkyl halides is 1. The fourth-order valence-corrected chi connectivity index (χ4v) is 5.05. The molecule has 5 atom stereocenters. The third-order valence-electron chi connectivity index (χ3n) is 7.61. The van der Waals surface area contributed by atoms with Crippen LogP contribution in [0.2, 0.25) is 0 Å². The van der Waals surface area contributed by atoms with Gasteiger partial charge in [0.05, 0.1) is 17.0 Å². The summed E-state index contributed by atoms with van der Waals surface area (Å²) in [4.78, 5) is 25.6. The Hall–Kier alpha value is -4.49. The number of hydrogen-bond donors (Lipinski definition) is 0. The fourth-order valence-electron chi connectivity index (χ4n) is 5.05. The third-order valence-corrected chi connectivity index (χ3v) is 7.61. The van der Waals surface area contributed by atoms with Crippen molar-refractivity contribution in [3.05, 3.63) is 137 Å². The lowest BCUT2D eigenvalue weighted by atomic mass is 9.93. The summed E-state index contributed by atoms with van der Waals surface area (Å²) in [7, 11) is 0. The van der Waals surface area contributed by atoms with Gasteiger partial charge in [0, 0.05) is 6.42 Å². The van der Waals surface area contributed by atoms with E-state index in [2.05, 4.69) is 31.2 Å². The summed E-state index contributed by atoms with van der Waals surface area (Å²) in [5, 5.41) is 0. The highest BCUT2D eigenvalue weighted by molar-refractivity contribution is 5.89. The van der Waals surface area contributed by atoms with Crippen molar-refractivity contribution in [3.63, 3.8) is 0 Å². The van der Waals surface area contributed by atoms with Crippen molar-refractivity contribution in [3.8, 4) is 5.75 Å². The summed E-state index contributed by atoms with van der Waals surface area (Å²) in [5.41, 5.74) is 3.94. The van der Waals surface area contributed by atoms with Crippen LogP contribution in [0.15, 0.2) is 109 Å². The van der Waals surface area contributed by atoms with Gasteiger partial charge in [-0.2, -0.15) is 0 Å². The third kappa shape index (κ3) is 7.48. The molecule has 0 aromatic heterocycles. The molecule has 1 fully saturated rings. The molecule has 222 valence electrons. The summed E-state index contributed by atoms with van der Waals surface area (Å²) in [6, 6.07) is 32.9. The van der Waals surface area contributed by atoms with Crippen molar-refractivity contribution in [2.24, 2.45) is 5.92 Å². The number of esters is 2. The van der Waals surface area contributed by atoms with Gasteiger partial charge >= 0.3 is 11.9 Å². The standard InChI is InChI=1S/C36H35FO6/c1-3-25-18-20-26(21-19-25)22-29-16-10-11-17-30(29)41-36-24(2)33(43-35(39)28-14-8-5-9-15-28)32(37)31(42-36)23-40-34(38)27-12-6-4-7-13-27/h4-21,24,31-33,36H,3,22-23H2,1-2H3. The Morgan fingerprint density at radius 1 is 0.767 bits per heavy atom. The van der Waals surface area contributed by atoms with E-state index >= 15 is 4.39 Å². The SMILES string of the molecule is CCc1ccc(Cc2ccccc2OC2OC(COC(=O)c3ccccc3)C(F)C(OC(=O)c3ccccc3)C2C)cc1. The van der Waals surface area contributed by atoms with E-state index < -0.39 is 42.5 Å². The number of halogens is 1. The molecule has 0 bridgehead atoms. The molecule has 0 saturated carbocycles. The Labute approximate surface area is 251 Å². The summed E-state index contributed by atoms with van der Waals surface area (Å²) in [6.45, 7) is 3.45. The molecule has 0 N–H and O–H groups in total. The Morgan fingerprint density at radius 3 is 2.00 bits per heavy atom. The minimum Gasteiger partial charge on any atom is -0.464 e. The van der Waals surface area contributed by atoms with Crippen LogP contribution < -0.4 is 4.74 Å². The van der Waals surface area contributed by atoms with Crippen LogP contribution in [0.5, 0.6) is 5.75 Å². The Morgan fingerprint density at radius 2 is 1.35 bits per heavy atom. The molecule has 5 unspecified atom stereocenters. The van der Waals surface area contributed by atoms with E-state index in [0.29, 0.717) is 23.3 Å². The molecule has 43 heavy (non-hydrogen) atoms. The molecule has 5 rings (SSSR count). The molecule has 7 heteroatoms. The predicted molar refractivity (Wildman–Crippen MR) is 161 cm³/mol. The average Bonchev–Trinajstić information content (AvgIpc) is 3.05. The number of carbonyl (C=O) groups is 2. The zero-order valence-corrected chi connectivity index (χ0v) is 24.2. The second-order valence-electron chi connectivity index (χ2n) is 10.6. The number of para-hydroxylation sites is 1. The van der Waals surface area contributed by atoms with Gasteiger partial charge < -0.3 is 18.9 Å². The number of ether oxygens (including phenoxy) is 4. The van der Waals surface area contributed by atoms with Crippen molar-refractivity contribution in [2.75, 3.05) is 6.61 Å². The quantitative estimate of drug-likeness (QED) is 0.188. The molecule has 0 spiro atoms. The highest BCUT2D eigenvalue weighted by Gasteiger charge is 2.48. The first-order chi connectivity index (χ1) is 20.9. The predicted octanol–water partition coefficient (Wildman–Crippen LogP) is 7.00. The molecular weight excluding hydrogens is 547 g/mol. The van der Waals surface area contributed by atoms with Gasteiger partial charge in [0.15, 0.2) is 6.17 Å². The molecule has 0 aliphatic carbocycles. The van der Waals surface area contributed by atoms with Crippen LogP contribution in [0.3, 0.4) is 0 Å². The number of carbonyl (C=O) groups excluding carboxylic acids is 2. The highest BCUT2D eigenvalue weighted by atomic mass is 19.1. The van der Waals surface area contributed by atoms with Crippen LogP contribution in [0.25, 0.3) is 0 Å². The van der Waals surface area contributed by atoms with Crippen molar-refractivity contribution < 1.29 is 32.9 Å². The molecule has 4 aromatic carbocycles. The zero-order chi connectivity index (χ0) is 30.2. The maximum Gasteiger partial charge on any atom is 0.338 e. The lowest BCUT2D eigenvalue weighted by molar-refractivity contribution is -0.242. The molecule has 6 nitrogen and oxygen atoms in total. The van der Waals surface area contributed by atoms with Crippen LogP contribution in [-0.4, -0.2) is 43.2 Å². The minimum absolute atomic E-state index is 0.303. The number of rotatable bonds is 10. The largest absolute Gasteiger partial charge is 0.464 e. The number of hydrogen-bond acceptors (Lipinski definition) is 6. The summed E-state index contributed by atoms with van der Waals surface area (Å²) in [6.07, 6.45) is -3.60. The molecule has 1 saturated heterocycles. The molecule has 1 heterocycles. The van der Waals surface area contributed by atoms with Gasteiger partial charge in [-0.1, -0.05) is 92.7 Å². The van der Waals surface area contributed by atoms with Gasteiger partial charge in [-0.05, 0) is 53.4 Å². The first kappa shape index (κ1) is 30.0. The minimum atomic E-state index is -1.77. The Kier molecular flexibility index (Phi) is 9.84. The first-order valence-corrected chi connectivity index (χ1v) is 14.5. The van der Waals surface area contributed by atoms with Gasteiger partial charge in [0.2, 0.25) is 6.29 Å². The Balaban J connectivity index is 1.36. The topological polar surface area (TPSA) is 71.1 Å². The maximum absolute atomic E-state index is 16.0. The van der Waals surface area contributed by atoms with Gasteiger partial charge in [0.1, 0.15) is 24.6 Å². The maximum atomic E-state index is 16.0. The molecule has 0 radical (unpaired) electrons. The van der Waals surface area contributed by atoms with Gasteiger partial charge in [-0.25, -0.2) is 14.0 Å². The van der Waals surface area contributed by atoms with Crippen LogP contribution in [0.4, 0.5) is 4.39 Å². The molecule has 4 aromatic rings. The van der Waals surface area contributed by atoms with Crippen LogP contribution in [0, 0.1) is 5.92 Å². The molecule has 1 aliphatic heterocycles. The number of benzene rings is 4. The van der Waals surface area contributed by atoms with Crippen molar-refractivity contribution in [1.82, 2.24) is 0 Å². The lowest BCUT2D eigenvalue weighted by Gasteiger charge is -2.41. The van der Waals surface area contributed by atoms with E-state index in [0.717, 1.165) is 17.5 Å². The van der Waals surface area contributed by atoms with E-state index in [1.807, 2.05) is 24.3 Å². The smallest absolute Gasteiger partial charge is 0.338 e. The second kappa shape index (κ2) is 14.1. The fraction of sp³-hybridized carbons (Fsp3) is 0.278. The average molecular weight is 583 g/mol. The summed E-state index contributed by atoms with van der Waals surface area (Å²) in [5.74, 6) is -1.37. The lowest BCUT2D eigenvalue weighted by Crippen LogP contribution is -2.56. The summed E-state index contributed by atoms with van der Waals surface area (Å²) >= 11 is 0. The normalized spacial score (nSPS) is 21.5. The van der Waals surface area contributed by atoms with E-state index in [4.69, 9.17) is 18.9 Å². The Bertz CT molecular complexity index is 1490. The van der Waals surface area contributed by atoms with E-state index in [9.17, 15) is 9.59 Å². The van der Waals surface area contributed by atoms with E-state index in [1.165, 1.54) is 5.56 Å².